The van der Waals surface area contributed by atoms with E-state index in [1.165, 1.54) is 5.69 Å². The molecule has 1 atom stereocenters. The highest BCUT2D eigenvalue weighted by Crippen LogP contribution is 2.25. The molecular weight excluding hydrogens is 197 g/mol. The lowest BCUT2D eigenvalue weighted by atomic mass is 9.63. The predicted molar refractivity (Wildman–Crippen MR) is 65.5 cm³/mol. The quantitative estimate of drug-likeness (QED) is 0.703. The Bertz CT molecular complexity index is 382. The summed E-state index contributed by atoms with van der Waals surface area (Å²) in [7, 11) is 1.76. The van der Waals surface area contributed by atoms with E-state index in [4.69, 9.17) is 5.26 Å². The minimum atomic E-state index is 0.403. The highest BCUT2D eigenvalue weighted by molar-refractivity contribution is 6.47. The first kappa shape index (κ1) is 11.0. The van der Waals surface area contributed by atoms with Gasteiger partial charge in [-0.2, -0.15) is 0 Å². The van der Waals surface area contributed by atoms with E-state index in [2.05, 4.69) is 21.9 Å². The number of piperidine rings is 1. The molecule has 1 radical (unpaired) electrons. The zero-order valence-electron chi connectivity index (χ0n) is 9.56. The molecule has 1 fully saturated rings. The van der Waals surface area contributed by atoms with E-state index in [9.17, 15) is 0 Å². The van der Waals surface area contributed by atoms with Crippen molar-refractivity contribution in [2.24, 2.45) is 0 Å². The smallest absolute Gasteiger partial charge is 0.259 e. The van der Waals surface area contributed by atoms with Crippen LogP contribution >= 0.6 is 0 Å². The molecular formula is C12H15BN3. The van der Waals surface area contributed by atoms with Gasteiger partial charge in [0.2, 0.25) is 0 Å². The second-order valence-electron chi connectivity index (χ2n) is 4.30. The van der Waals surface area contributed by atoms with Crippen LogP contribution in [0.15, 0.2) is 18.3 Å². The number of hydrogen-bond donors (Lipinski definition) is 0. The fourth-order valence-corrected chi connectivity index (χ4v) is 2.13. The zero-order valence-corrected chi connectivity index (χ0v) is 9.56. The third-order valence-electron chi connectivity index (χ3n) is 3.03. The molecule has 3 nitrogen and oxygen atoms in total. The van der Waals surface area contributed by atoms with Gasteiger partial charge in [0.15, 0.2) is 0 Å². The van der Waals surface area contributed by atoms with Gasteiger partial charge in [0.25, 0.3) is 7.28 Å². The molecule has 1 unspecified atom stereocenters. The number of anilines is 1. The van der Waals surface area contributed by atoms with E-state index >= 15 is 0 Å². The van der Waals surface area contributed by atoms with Crippen molar-refractivity contribution >= 4 is 13.0 Å². The Morgan fingerprint density at radius 2 is 2.44 bits per heavy atom. The van der Waals surface area contributed by atoms with Crippen molar-refractivity contribution in [2.45, 2.75) is 25.6 Å². The van der Waals surface area contributed by atoms with Gasteiger partial charge in [-0.1, -0.05) is 6.42 Å². The van der Waals surface area contributed by atoms with E-state index in [0.29, 0.717) is 5.82 Å². The molecule has 1 saturated heterocycles. The highest BCUT2D eigenvalue weighted by Gasteiger charge is 2.20. The summed E-state index contributed by atoms with van der Waals surface area (Å²) in [6.07, 6.45) is 4.20. The summed E-state index contributed by atoms with van der Waals surface area (Å²) in [5, 5.41) is 8.68. The Hall–Kier alpha value is -1.50. The standard InChI is InChI=1S/C12H15BN3/c1-10-4-5-12(7-15-10)16-6-2-3-11(8-16)13-9-14/h4-5,7,11H,2-3,6,8H2,1H3. The van der Waals surface area contributed by atoms with E-state index < -0.39 is 0 Å². The number of hydrogen-bond acceptors (Lipinski definition) is 3. The van der Waals surface area contributed by atoms with Crippen LogP contribution in [0, 0.1) is 18.2 Å². The first-order valence-electron chi connectivity index (χ1n) is 5.70. The van der Waals surface area contributed by atoms with Gasteiger partial charge < -0.3 is 4.90 Å². The number of rotatable bonds is 2. The maximum absolute atomic E-state index is 8.68. The molecule has 16 heavy (non-hydrogen) atoms. The predicted octanol–water partition coefficient (Wildman–Crippen LogP) is 1.96. The van der Waals surface area contributed by atoms with Gasteiger partial charge in [-0.05, 0) is 37.3 Å². The van der Waals surface area contributed by atoms with Crippen LogP contribution in [0.1, 0.15) is 18.5 Å². The van der Waals surface area contributed by atoms with Gasteiger partial charge in [0.05, 0.1) is 11.9 Å². The normalized spacial score (nSPS) is 20.2. The minimum Gasteiger partial charge on any atom is -0.371 e. The molecule has 1 aromatic rings. The monoisotopic (exact) mass is 212 g/mol. The Kier molecular flexibility index (Phi) is 3.45. The van der Waals surface area contributed by atoms with Crippen LogP contribution in [0.3, 0.4) is 0 Å². The summed E-state index contributed by atoms with van der Waals surface area (Å²) in [4.78, 5) is 6.62. The topological polar surface area (TPSA) is 39.9 Å². The summed E-state index contributed by atoms with van der Waals surface area (Å²) in [5.74, 6) is 2.55. The van der Waals surface area contributed by atoms with Gasteiger partial charge in [-0.3, -0.25) is 4.98 Å². The van der Waals surface area contributed by atoms with Gasteiger partial charge in [-0.25, -0.2) is 5.26 Å². The molecule has 0 aliphatic carbocycles. The Labute approximate surface area is 97.3 Å². The number of nitriles is 1. The molecule has 81 valence electrons. The number of aromatic nitrogens is 1. The van der Waals surface area contributed by atoms with Crippen LogP contribution in [-0.2, 0) is 0 Å². The summed E-state index contributed by atoms with van der Waals surface area (Å²) in [6, 6.07) is 4.14. The molecule has 0 saturated carbocycles. The summed E-state index contributed by atoms with van der Waals surface area (Å²) >= 11 is 0. The van der Waals surface area contributed by atoms with E-state index in [1.807, 2.05) is 19.2 Å². The summed E-state index contributed by atoms with van der Waals surface area (Å²) < 4.78 is 0. The van der Waals surface area contributed by atoms with Crippen molar-refractivity contribution in [1.29, 1.82) is 5.26 Å². The van der Waals surface area contributed by atoms with E-state index in [0.717, 1.165) is 31.6 Å². The lowest BCUT2D eigenvalue weighted by molar-refractivity contribution is 0.574. The largest absolute Gasteiger partial charge is 0.371 e. The first-order valence-corrected chi connectivity index (χ1v) is 5.70. The Balaban J connectivity index is 2.04. The summed E-state index contributed by atoms with van der Waals surface area (Å²) in [5.41, 5.74) is 2.21. The van der Waals surface area contributed by atoms with Crippen molar-refractivity contribution in [3.63, 3.8) is 0 Å². The second kappa shape index (κ2) is 5.02. The van der Waals surface area contributed by atoms with Crippen molar-refractivity contribution in [2.75, 3.05) is 18.0 Å². The van der Waals surface area contributed by atoms with Gasteiger partial charge in [0.1, 0.15) is 0 Å². The zero-order chi connectivity index (χ0) is 11.4. The van der Waals surface area contributed by atoms with Gasteiger partial charge >= 0.3 is 0 Å². The second-order valence-corrected chi connectivity index (χ2v) is 4.30. The third kappa shape index (κ3) is 2.54. The summed E-state index contributed by atoms with van der Waals surface area (Å²) in [6.45, 7) is 4.01. The average molecular weight is 212 g/mol. The lowest BCUT2D eigenvalue weighted by Crippen LogP contribution is -2.34. The van der Waals surface area contributed by atoms with Crippen molar-refractivity contribution in [3.8, 4) is 5.97 Å². The first-order chi connectivity index (χ1) is 7.79. The number of nitrogens with zero attached hydrogens (tertiary/aromatic N) is 3. The van der Waals surface area contributed by atoms with Gasteiger partial charge in [0, 0.05) is 18.8 Å². The molecule has 0 aromatic carbocycles. The van der Waals surface area contributed by atoms with Crippen molar-refractivity contribution in [3.05, 3.63) is 24.0 Å². The van der Waals surface area contributed by atoms with Crippen LogP contribution in [0.4, 0.5) is 5.69 Å². The van der Waals surface area contributed by atoms with Gasteiger partial charge in [-0.15, -0.1) is 0 Å². The molecule has 4 heteroatoms. The molecule has 0 N–H and O–H groups in total. The molecule has 2 rings (SSSR count). The van der Waals surface area contributed by atoms with Crippen LogP contribution in [0.5, 0.6) is 0 Å². The molecule has 0 bridgehead atoms. The maximum Gasteiger partial charge on any atom is 0.259 e. The average Bonchev–Trinajstić information content (AvgIpc) is 2.31. The molecule has 2 heterocycles. The van der Waals surface area contributed by atoms with Crippen molar-refractivity contribution in [1.82, 2.24) is 4.98 Å². The highest BCUT2D eigenvalue weighted by atomic mass is 15.1. The molecule has 0 amide bonds. The number of pyridine rings is 1. The number of aryl methyl sites for hydroxylation is 1. The molecule has 0 spiro atoms. The SMILES string of the molecule is Cc1ccc(N2CCCC([B]C#N)C2)cn1. The van der Waals surface area contributed by atoms with Crippen LogP contribution < -0.4 is 4.90 Å². The minimum absolute atomic E-state index is 0.403. The fourth-order valence-electron chi connectivity index (χ4n) is 2.13. The fraction of sp³-hybridized carbons (Fsp3) is 0.500. The van der Waals surface area contributed by atoms with E-state index in [-0.39, 0.29) is 0 Å². The Morgan fingerprint density at radius 3 is 3.12 bits per heavy atom. The van der Waals surface area contributed by atoms with Crippen LogP contribution in [-0.4, -0.2) is 25.4 Å². The van der Waals surface area contributed by atoms with Crippen molar-refractivity contribution < 1.29 is 0 Å². The Morgan fingerprint density at radius 1 is 1.56 bits per heavy atom. The molecule has 1 aliphatic heterocycles. The maximum atomic E-state index is 8.68. The molecule has 1 aliphatic rings. The lowest BCUT2D eigenvalue weighted by Gasteiger charge is -2.33. The van der Waals surface area contributed by atoms with Crippen LogP contribution in [0.25, 0.3) is 0 Å². The van der Waals surface area contributed by atoms with E-state index in [1.54, 1.807) is 7.28 Å². The van der Waals surface area contributed by atoms with Crippen LogP contribution in [0.2, 0.25) is 5.82 Å². The third-order valence-corrected chi connectivity index (χ3v) is 3.03. The molecule has 1 aromatic heterocycles.